The monoisotopic (exact) mass is 251 g/mol. The third kappa shape index (κ3) is 1.81. The summed E-state index contributed by atoms with van der Waals surface area (Å²) in [6.45, 7) is 2.06. The maximum absolute atomic E-state index is 4.56. The van der Waals surface area contributed by atoms with Crippen LogP contribution >= 0.6 is 0 Å². The summed E-state index contributed by atoms with van der Waals surface area (Å²) in [5, 5.41) is 0. The zero-order valence-corrected chi connectivity index (χ0v) is 11.0. The first kappa shape index (κ1) is 11.0. The van der Waals surface area contributed by atoms with Crippen molar-refractivity contribution in [3.8, 4) is 0 Å². The van der Waals surface area contributed by atoms with E-state index >= 15 is 0 Å². The fourth-order valence-electron chi connectivity index (χ4n) is 3.29. The molecule has 0 radical (unpaired) electrons. The van der Waals surface area contributed by atoms with Crippen LogP contribution < -0.4 is 4.90 Å². The molecule has 0 saturated heterocycles. The molecule has 2 aromatic rings. The van der Waals surface area contributed by atoms with Crippen molar-refractivity contribution in [3.05, 3.63) is 53.0 Å². The second-order valence-corrected chi connectivity index (χ2v) is 5.42. The zero-order valence-electron chi connectivity index (χ0n) is 11.0. The fraction of sp³-hybridized carbons (Fsp3) is 0.375. The summed E-state index contributed by atoms with van der Waals surface area (Å²) in [7, 11) is 0. The smallest absolute Gasteiger partial charge is 0.135 e. The minimum Gasteiger partial charge on any atom is -0.352 e. The van der Waals surface area contributed by atoms with Gasteiger partial charge < -0.3 is 4.90 Å². The summed E-state index contributed by atoms with van der Waals surface area (Å²) in [5.74, 6) is 1.18. The third-order valence-corrected chi connectivity index (χ3v) is 4.28. The Hall–Kier alpha value is -1.90. The Morgan fingerprint density at radius 1 is 0.947 bits per heavy atom. The van der Waals surface area contributed by atoms with E-state index in [2.05, 4.69) is 39.1 Å². The first-order valence-electron chi connectivity index (χ1n) is 7.06. The largest absolute Gasteiger partial charge is 0.352 e. The lowest BCUT2D eigenvalue weighted by Gasteiger charge is -2.30. The lowest BCUT2D eigenvalue weighted by atomic mass is 9.99. The van der Waals surface area contributed by atoms with Gasteiger partial charge in [-0.1, -0.05) is 24.3 Å². The van der Waals surface area contributed by atoms with Crippen LogP contribution in [0.1, 0.15) is 28.8 Å². The summed E-state index contributed by atoms with van der Waals surface area (Å²) in [4.78, 5) is 11.4. The van der Waals surface area contributed by atoms with Gasteiger partial charge >= 0.3 is 0 Å². The Labute approximate surface area is 113 Å². The summed E-state index contributed by atoms with van der Waals surface area (Å²) in [6.07, 6.45) is 6.35. The molecule has 0 fully saturated rings. The van der Waals surface area contributed by atoms with Gasteiger partial charge in [-0.05, 0) is 36.8 Å². The molecule has 0 unspecified atom stereocenters. The molecular weight excluding hydrogens is 234 g/mol. The van der Waals surface area contributed by atoms with E-state index < -0.39 is 0 Å². The van der Waals surface area contributed by atoms with E-state index in [1.54, 1.807) is 6.33 Å². The van der Waals surface area contributed by atoms with E-state index in [4.69, 9.17) is 0 Å². The Morgan fingerprint density at radius 3 is 2.79 bits per heavy atom. The van der Waals surface area contributed by atoms with Crippen LogP contribution in [-0.4, -0.2) is 16.5 Å². The summed E-state index contributed by atoms with van der Waals surface area (Å²) >= 11 is 0. The van der Waals surface area contributed by atoms with Crippen molar-refractivity contribution < 1.29 is 0 Å². The molecule has 0 N–H and O–H groups in total. The zero-order chi connectivity index (χ0) is 12.7. The maximum Gasteiger partial charge on any atom is 0.135 e. The summed E-state index contributed by atoms with van der Waals surface area (Å²) in [5.41, 5.74) is 5.59. The molecule has 2 heterocycles. The van der Waals surface area contributed by atoms with Crippen LogP contribution in [-0.2, 0) is 25.8 Å². The van der Waals surface area contributed by atoms with Crippen molar-refractivity contribution in [1.82, 2.24) is 9.97 Å². The maximum atomic E-state index is 4.56. The molecule has 0 amide bonds. The molecule has 2 aliphatic rings. The van der Waals surface area contributed by atoms with Crippen LogP contribution in [0.15, 0.2) is 30.6 Å². The van der Waals surface area contributed by atoms with Gasteiger partial charge in [0.25, 0.3) is 0 Å². The van der Waals surface area contributed by atoms with Crippen molar-refractivity contribution >= 4 is 5.82 Å². The molecule has 1 aromatic carbocycles. The standard InChI is InChI=1S/C16H17N3/c1-2-5-13-10-19(9-8-12(13)4-1)16-14-6-3-7-15(14)17-11-18-16/h1-2,4-5,11H,3,6-10H2. The Bertz CT molecular complexity index is 621. The second kappa shape index (κ2) is 4.34. The number of hydrogen-bond donors (Lipinski definition) is 0. The number of aryl methyl sites for hydroxylation is 1. The molecule has 4 rings (SSSR count). The number of rotatable bonds is 1. The average molecular weight is 251 g/mol. The second-order valence-electron chi connectivity index (χ2n) is 5.42. The highest BCUT2D eigenvalue weighted by atomic mass is 15.2. The van der Waals surface area contributed by atoms with Crippen LogP contribution in [0.2, 0.25) is 0 Å². The number of fused-ring (bicyclic) bond motifs is 2. The molecule has 19 heavy (non-hydrogen) atoms. The predicted octanol–water partition coefficient (Wildman–Crippen LogP) is 2.53. The van der Waals surface area contributed by atoms with E-state index in [1.807, 2.05) is 0 Å². The van der Waals surface area contributed by atoms with Gasteiger partial charge in [0.15, 0.2) is 0 Å². The van der Waals surface area contributed by atoms with Gasteiger partial charge in [0.05, 0.1) is 0 Å². The third-order valence-electron chi connectivity index (χ3n) is 4.28. The highest BCUT2D eigenvalue weighted by Crippen LogP contribution is 2.30. The van der Waals surface area contributed by atoms with Crippen molar-refractivity contribution in [2.75, 3.05) is 11.4 Å². The Morgan fingerprint density at radius 2 is 1.84 bits per heavy atom. The van der Waals surface area contributed by atoms with Gasteiger partial charge in [-0.3, -0.25) is 0 Å². The van der Waals surface area contributed by atoms with Gasteiger partial charge in [0, 0.05) is 24.3 Å². The minimum absolute atomic E-state index is 0.986. The fourth-order valence-corrected chi connectivity index (χ4v) is 3.29. The van der Waals surface area contributed by atoms with Gasteiger partial charge in [0.2, 0.25) is 0 Å². The molecule has 0 atom stereocenters. The highest BCUT2D eigenvalue weighted by molar-refractivity contribution is 5.52. The van der Waals surface area contributed by atoms with Crippen LogP contribution in [0.5, 0.6) is 0 Å². The Balaban J connectivity index is 1.70. The van der Waals surface area contributed by atoms with E-state index in [9.17, 15) is 0 Å². The molecule has 3 heteroatoms. The average Bonchev–Trinajstić information content (AvgIpc) is 2.95. The van der Waals surface area contributed by atoms with E-state index in [-0.39, 0.29) is 0 Å². The van der Waals surface area contributed by atoms with Gasteiger partial charge in [-0.2, -0.15) is 0 Å². The molecule has 0 spiro atoms. The number of anilines is 1. The molecule has 1 aromatic heterocycles. The summed E-state index contributed by atoms with van der Waals surface area (Å²) < 4.78 is 0. The van der Waals surface area contributed by atoms with Gasteiger partial charge in [-0.15, -0.1) is 0 Å². The molecule has 3 nitrogen and oxygen atoms in total. The SMILES string of the molecule is c1ccc2c(c1)CCN(c1ncnc3c1CCC3)C2. The van der Waals surface area contributed by atoms with E-state index in [0.29, 0.717) is 0 Å². The highest BCUT2D eigenvalue weighted by Gasteiger charge is 2.23. The topological polar surface area (TPSA) is 29.0 Å². The van der Waals surface area contributed by atoms with Crippen molar-refractivity contribution in [1.29, 1.82) is 0 Å². The predicted molar refractivity (Wildman–Crippen MR) is 75.3 cm³/mol. The van der Waals surface area contributed by atoms with Crippen molar-refractivity contribution in [2.45, 2.75) is 32.2 Å². The summed E-state index contributed by atoms with van der Waals surface area (Å²) in [6, 6.07) is 8.75. The van der Waals surface area contributed by atoms with Crippen LogP contribution in [0, 0.1) is 0 Å². The molecule has 1 aliphatic carbocycles. The van der Waals surface area contributed by atoms with E-state index in [1.165, 1.54) is 34.6 Å². The molecule has 96 valence electrons. The van der Waals surface area contributed by atoms with Gasteiger partial charge in [0.1, 0.15) is 12.1 Å². The number of nitrogens with zero attached hydrogens (tertiary/aromatic N) is 3. The molecule has 1 aliphatic heterocycles. The molecule has 0 saturated carbocycles. The molecule has 0 bridgehead atoms. The van der Waals surface area contributed by atoms with Gasteiger partial charge in [-0.25, -0.2) is 9.97 Å². The van der Waals surface area contributed by atoms with Crippen LogP contribution in [0.25, 0.3) is 0 Å². The lowest BCUT2D eigenvalue weighted by Crippen LogP contribution is -2.31. The van der Waals surface area contributed by atoms with Crippen LogP contribution in [0.4, 0.5) is 5.82 Å². The first-order chi connectivity index (χ1) is 9.42. The number of hydrogen-bond acceptors (Lipinski definition) is 3. The van der Waals surface area contributed by atoms with E-state index in [0.717, 1.165) is 32.4 Å². The molecular formula is C16H17N3. The first-order valence-corrected chi connectivity index (χ1v) is 7.06. The minimum atomic E-state index is 0.986. The number of benzene rings is 1. The van der Waals surface area contributed by atoms with Crippen molar-refractivity contribution in [3.63, 3.8) is 0 Å². The Kier molecular flexibility index (Phi) is 2.50. The quantitative estimate of drug-likeness (QED) is 0.780. The number of aromatic nitrogens is 2. The van der Waals surface area contributed by atoms with Crippen LogP contribution in [0.3, 0.4) is 0 Å². The van der Waals surface area contributed by atoms with Crippen molar-refractivity contribution in [2.24, 2.45) is 0 Å². The normalized spacial score (nSPS) is 17.2. The lowest BCUT2D eigenvalue weighted by molar-refractivity contribution is 0.714.